The maximum absolute atomic E-state index is 12.9. The summed E-state index contributed by atoms with van der Waals surface area (Å²) < 4.78 is 33.5. The maximum Gasteiger partial charge on any atom is 0.490 e. The third kappa shape index (κ3) is 5.29. The number of carboxylic acids is 1. The molecule has 10 heteroatoms. The van der Waals surface area contributed by atoms with Crippen LogP contribution in [0.4, 0.5) is 13.2 Å². The highest BCUT2D eigenvalue weighted by molar-refractivity contribution is 5.97. The normalized spacial score (nSPS) is 22.4. The Morgan fingerprint density at radius 2 is 1.72 bits per heavy atom. The molecule has 2 fully saturated rings. The molecule has 2 aliphatic heterocycles. The highest BCUT2D eigenvalue weighted by Crippen LogP contribution is 2.27. The number of hydrogen-bond acceptors (Lipinski definition) is 4. The zero-order valence-corrected chi connectivity index (χ0v) is 17.8. The van der Waals surface area contributed by atoms with Crippen LogP contribution in [-0.4, -0.2) is 45.9 Å². The topological polar surface area (TPSA) is 100 Å². The molecule has 2 aromatic rings. The summed E-state index contributed by atoms with van der Waals surface area (Å²) in [6.45, 7) is 3.94. The first-order chi connectivity index (χ1) is 15.0. The average molecular weight is 453 g/mol. The van der Waals surface area contributed by atoms with E-state index in [0.29, 0.717) is 12.1 Å². The van der Waals surface area contributed by atoms with Crippen LogP contribution in [0.5, 0.6) is 0 Å². The molecule has 2 saturated heterocycles. The van der Waals surface area contributed by atoms with E-state index in [9.17, 15) is 22.8 Å². The fraction of sp³-hybridized carbons (Fsp3) is 0.500. The number of halogens is 3. The lowest BCUT2D eigenvalue weighted by atomic mass is 9.99. The zero-order valence-electron chi connectivity index (χ0n) is 17.8. The minimum absolute atomic E-state index is 0.000116. The van der Waals surface area contributed by atoms with Crippen molar-refractivity contribution < 1.29 is 27.9 Å². The standard InChI is InChI=1S/C20H25N3O2.C2HF3O2/c1-12(2)23-18-6-4-3-5-13(18)9-17(20(23)25)19(24)22-16-10-14-7-8-15(11-16)21-14;3-2(4,5)1(6)7/h3-6,9,12,14-16,21H,7-8,10-11H2,1-2H3,(H,22,24);(H,6,7)/t14-,15+,16-;. The Morgan fingerprint density at radius 1 is 1.16 bits per heavy atom. The summed E-state index contributed by atoms with van der Waals surface area (Å²) in [4.78, 5) is 34.7. The van der Waals surface area contributed by atoms with Crippen LogP contribution in [0.2, 0.25) is 0 Å². The second-order valence-corrected chi connectivity index (χ2v) is 8.47. The van der Waals surface area contributed by atoms with Gasteiger partial charge in [0.15, 0.2) is 0 Å². The molecule has 0 radical (unpaired) electrons. The van der Waals surface area contributed by atoms with Crippen molar-refractivity contribution in [1.82, 2.24) is 15.2 Å². The number of nitrogens with zero attached hydrogens (tertiary/aromatic N) is 1. The zero-order chi connectivity index (χ0) is 23.6. The van der Waals surface area contributed by atoms with Gasteiger partial charge < -0.3 is 20.3 Å². The minimum atomic E-state index is -5.08. The highest BCUT2D eigenvalue weighted by Gasteiger charge is 2.38. The van der Waals surface area contributed by atoms with E-state index in [1.165, 1.54) is 12.8 Å². The Kier molecular flexibility index (Phi) is 6.92. The van der Waals surface area contributed by atoms with Gasteiger partial charge in [-0.15, -0.1) is 0 Å². The lowest BCUT2D eigenvalue weighted by molar-refractivity contribution is -0.192. The van der Waals surface area contributed by atoms with Gasteiger partial charge in [0, 0.05) is 24.2 Å². The van der Waals surface area contributed by atoms with Crippen molar-refractivity contribution >= 4 is 22.8 Å². The molecule has 3 N–H and O–H groups in total. The quantitative estimate of drug-likeness (QED) is 0.663. The summed E-state index contributed by atoms with van der Waals surface area (Å²) in [6.07, 6.45) is -0.803. The molecule has 7 nitrogen and oxygen atoms in total. The Labute approximate surface area is 182 Å². The number of amides is 1. The van der Waals surface area contributed by atoms with Crippen LogP contribution < -0.4 is 16.2 Å². The van der Waals surface area contributed by atoms with E-state index in [-0.39, 0.29) is 29.1 Å². The molecule has 1 amide bonds. The van der Waals surface area contributed by atoms with Crippen molar-refractivity contribution in [1.29, 1.82) is 0 Å². The number of piperidine rings is 1. The average Bonchev–Trinajstić information content (AvgIpc) is 3.04. The summed E-state index contributed by atoms with van der Waals surface area (Å²) in [5.41, 5.74) is 0.917. The lowest BCUT2D eigenvalue weighted by Gasteiger charge is -2.29. The van der Waals surface area contributed by atoms with Crippen molar-refractivity contribution in [2.45, 2.75) is 69.9 Å². The van der Waals surface area contributed by atoms with Crippen molar-refractivity contribution in [3.05, 3.63) is 46.2 Å². The molecule has 2 bridgehead atoms. The summed E-state index contributed by atoms with van der Waals surface area (Å²) in [6, 6.07) is 10.7. The fourth-order valence-electron chi connectivity index (χ4n) is 4.40. The number of hydrogen-bond donors (Lipinski definition) is 3. The van der Waals surface area contributed by atoms with Crippen LogP contribution in [0, 0.1) is 0 Å². The van der Waals surface area contributed by atoms with Crippen molar-refractivity contribution in [2.24, 2.45) is 0 Å². The molecule has 1 aromatic carbocycles. The Bertz CT molecular complexity index is 1050. The second-order valence-electron chi connectivity index (χ2n) is 8.47. The molecule has 0 spiro atoms. The minimum Gasteiger partial charge on any atom is -0.475 e. The third-order valence-electron chi connectivity index (χ3n) is 5.76. The monoisotopic (exact) mass is 453 g/mol. The first-order valence-electron chi connectivity index (χ1n) is 10.5. The number of nitrogens with one attached hydrogen (secondary N) is 2. The third-order valence-corrected chi connectivity index (χ3v) is 5.76. The molecule has 4 rings (SSSR count). The van der Waals surface area contributed by atoms with Crippen LogP contribution in [0.3, 0.4) is 0 Å². The van der Waals surface area contributed by atoms with E-state index < -0.39 is 12.1 Å². The second kappa shape index (κ2) is 9.32. The Morgan fingerprint density at radius 3 is 2.25 bits per heavy atom. The van der Waals surface area contributed by atoms with E-state index in [1.54, 1.807) is 10.6 Å². The van der Waals surface area contributed by atoms with E-state index in [2.05, 4.69) is 10.6 Å². The van der Waals surface area contributed by atoms with Crippen molar-refractivity contribution in [3.63, 3.8) is 0 Å². The van der Waals surface area contributed by atoms with Gasteiger partial charge in [0.05, 0.1) is 5.52 Å². The van der Waals surface area contributed by atoms with E-state index in [1.807, 2.05) is 38.1 Å². The molecule has 3 atom stereocenters. The van der Waals surface area contributed by atoms with Crippen LogP contribution in [0.15, 0.2) is 35.1 Å². The van der Waals surface area contributed by atoms with Gasteiger partial charge in [0.25, 0.3) is 11.5 Å². The molecule has 32 heavy (non-hydrogen) atoms. The van der Waals surface area contributed by atoms with Gasteiger partial charge in [-0.2, -0.15) is 13.2 Å². The molecule has 0 unspecified atom stereocenters. The van der Waals surface area contributed by atoms with Crippen LogP contribution >= 0.6 is 0 Å². The summed E-state index contributed by atoms with van der Waals surface area (Å²) in [5.74, 6) is -3.00. The SMILES string of the molecule is CC(C)n1c(=O)c(C(=O)N[C@@H]2C[C@H]3CC[C@@H](C2)N3)cc2ccccc21.O=C(O)C(F)(F)F. The maximum atomic E-state index is 12.9. The smallest absolute Gasteiger partial charge is 0.475 e. The summed E-state index contributed by atoms with van der Waals surface area (Å²) in [7, 11) is 0. The highest BCUT2D eigenvalue weighted by atomic mass is 19.4. The van der Waals surface area contributed by atoms with Crippen molar-refractivity contribution in [2.75, 3.05) is 0 Å². The Balaban J connectivity index is 0.000000360. The first kappa shape index (κ1) is 23.8. The summed E-state index contributed by atoms with van der Waals surface area (Å²) >= 11 is 0. The molecular weight excluding hydrogens is 427 g/mol. The van der Waals surface area contributed by atoms with Gasteiger partial charge in [-0.1, -0.05) is 18.2 Å². The van der Waals surface area contributed by atoms with Crippen LogP contribution in [0.1, 0.15) is 55.9 Å². The number of aromatic nitrogens is 1. The van der Waals surface area contributed by atoms with E-state index >= 15 is 0 Å². The largest absolute Gasteiger partial charge is 0.490 e. The lowest BCUT2D eigenvalue weighted by Crippen LogP contribution is -2.48. The number of rotatable bonds is 3. The van der Waals surface area contributed by atoms with E-state index in [4.69, 9.17) is 9.90 Å². The number of alkyl halides is 3. The van der Waals surface area contributed by atoms with E-state index in [0.717, 1.165) is 23.7 Å². The van der Waals surface area contributed by atoms with Crippen molar-refractivity contribution in [3.8, 4) is 0 Å². The predicted octanol–water partition coefficient (Wildman–Crippen LogP) is 3.23. The number of aliphatic carboxylic acids is 1. The van der Waals surface area contributed by atoms with Gasteiger partial charge in [0.1, 0.15) is 5.56 Å². The number of fused-ring (bicyclic) bond motifs is 3. The molecule has 174 valence electrons. The molecule has 0 aliphatic carbocycles. The first-order valence-corrected chi connectivity index (χ1v) is 10.5. The predicted molar refractivity (Wildman–Crippen MR) is 113 cm³/mol. The number of benzene rings is 1. The van der Waals surface area contributed by atoms with Crippen LogP contribution in [0.25, 0.3) is 10.9 Å². The van der Waals surface area contributed by atoms with Gasteiger partial charge in [-0.25, -0.2) is 4.79 Å². The molecular formula is C22H26F3N3O4. The number of carbonyl (C=O) groups excluding carboxylic acids is 1. The van der Waals surface area contributed by atoms with Crippen LogP contribution in [-0.2, 0) is 4.79 Å². The van der Waals surface area contributed by atoms with Gasteiger partial charge >= 0.3 is 12.1 Å². The van der Waals surface area contributed by atoms with Gasteiger partial charge in [0.2, 0.25) is 0 Å². The van der Waals surface area contributed by atoms with Gasteiger partial charge in [-0.3, -0.25) is 9.59 Å². The molecule has 0 saturated carbocycles. The number of para-hydroxylation sites is 1. The Hall–Kier alpha value is -2.88. The van der Waals surface area contributed by atoms with Gasteiger partial charge in [-0.05, 0) is 57.0 Å². The molecule has 1 aromatic heterocycles. The molecule has 3 heterocycles. The fourth-order valence-corrected chi connectivity index (χ4v) is 4.40. The number of pyridine rings is 1. The summed E-state index contributed by atoms with van der Waals surface area (Å²) in [5, 5.41) is 14.7. The molecule has 2 aliphatic rings. The number of carbonyl (C=O) groups is 2. The number of carboxylic acid groups (broad SMARTS) is 1.